The molecular formula is C18H25NO. The zero-order valence-corrected chi connectivity index (χ0v) is 12.9. The highest BCUT2D eigenvalue weighted by Crippen LogP contribution is 2.20. The first-order chi connectivity index (χ1) is 9.58. The Kier molecular flexibility index (Phi) is 4.99. The molecule has 0 aromatic heterocycles. The Labute approximate surface area is 122 Å². The van der Waals surface area contributed by atoms with Crippen molar-refractivity contribution < 1.29 is 4.79 Å². The molecule has 2 rings (SSSR count). The van der Waals surface area contributed by atoms with E-state index < -0.39 is 0 Å². The van der Waals surface area contributed by atoms with E-state index in [0.717, 1.165) is 29.7 Å². The molecule has 20 heavy (non-hydrogen) atoms. The Morgan fingerprint density at radius 2 is 1.85 bits per heavy atom. The number of aryl methyl sites for hydroxylation is 3. The molecule has 1 amide bonds. The van der Waals surface area contributed by atoms with Crippen molar-refractivity contribution in [3.05, 3.63) is 46.0 Å². The van der Waals surface area contributed by atoms with E-state index in [1.165, 1.54) is 36.8 Å². The van der Waals surface area contributed by atoms with Gasteiger partial charge >= 0.3 is 0 Å². The van der Waals surface area contributed by atoms with Gasteiger partial charge in [0, 0.05) is 12.1 Å². The summed E-state index contributed by atoms with van der Waals surface area (Å²) in [7, 11) is 0. The third kappa shape index (κ3) is 3.72. The molecule has 0 heterocycles. The van der Waals surface area contributed by atoms with E-state index in [0.29, 0.717) is 0 Å². The molecule has 1 aromatic rings. The van der Waals surface area contributed by atoms with E-state index in [9.17, 15) is 4.79 Å². The fraction of sp³-hybridized carbons (Fsp3) is 0.500. The van der Waals surface area contributed by atoms with Crippen LogP contribution in [0.2, 0.25) is 0 Å². The number of amides is 1. The molecule has 1 N–H and O–H groups in total. The minimum absolute atomic E-state index is 0.0661. The van der Waals surface area contributed by atoms with Crippen molar-refractivity contribution in [2.24, 2.45) is 0 Å². The van der Waals surface area contributed by atoms with Crippen LogP contribution in [0.1, 0.15) is 59.2 Å². The van der Waals surface area contributed by atoms with Crippen molar-refractivity contribution >= 4 is 5.91 Å². The first-order valence-electron chi connectivity index (χ1n) is 7.62. The van der Waals surface area contributed by atoms with Gasteiger partial charge < -0.3 is 5.32 Å². The van der Waals surface area contributed by atoms with Crippen molar-refractivity contribution in [3.8, 4) is 0 Å². The summed E-state index contributed by atoms with van der Waals surface area (Å²) in [6.07, 6.45) is 8.37. The summed E-state index contributed by atoms with van der Waals surface area (Å²) in [5, 5.41) is 3.07. The summed E-state index contributed by atoms with van der Waals surface area (Å²) in [4.78, 5) is 12.3. The lowest BCUT2D eigenvalue weighted by Crippen LogP contribution is -2.26. The van der Waals surface area contributed by atoms with Crippen LogP contribution in [0.3, 0.4) is 0 Å². The van der Waals surface area contributed by atoms with Crippen molar-refractivity contribution in [1.82, 2.24) is 5.32 Å². The lowest BCUT2D eigenvalue weighted by molar-refractivity contribution is 0.0953. The maximum absolute atomic E-state index is 12.3. The molecule has 2 nitrogen and oxygen atoms in total. The fourth-order valence-electron chi connectivity index (χ4n) is 3.09. The molecule has 0 radical (unpaired) electrons. The van der Waals surface area contributed by atoms with Crippen LogP contribution in [0.15, 0.2) is 23.8 Å². The van der Waals surface area contributed by atoms with Gasteiger partial charge in [0.25, 0.3) is 5.91 Å². The predicted octanol–water partition coefficient (Wildman–Crippen LogP) is 4.23. The minimum atomic E-state index is 0.0661. The van der Waals surface area contributed by atoms with E-state index in [4.69, 9.17) is 0 Å². The van der Waals surface area contributed by atoms with Gasteiger partial charge in [-0.1, -0.05) is 29.3 Å². The zero-order chi connectivity index (χ0) is 14.5. The molecule has 2 heteroatoms. The second kappa shape index (κ2) is 6.74. The van der Waals surface area contributed by atoms with E-state index in [-0.39, 0.29) is 5.91 Å². The van der Waals surface area contributed by atoms with E-state index in [1.54, 1.807) is 0 Å². The average molecular weight is 271 g/mol. The van der Waals surface area contributed by atoms with Gasteiger partial charge in [-0.05, 0) is 64.0 Å². The predicted molar refractivity (Wildman–Crippen MR) is 84.2 cm³/mol. The van der Waals surface area contributed by atoms with Crippen LogP contribution < -0.4 is 5.32 Å². The van der Waals surface area contributed by atoms with Gasteiger partial charge in [-0.2, -0.15) is 0 Å². The van der Waals surface area contributed by atoms with Crippen molar-refractivity contribution in [3.63, 3.8) is 0 Å². The molecule has 1 aliphatic rings. The maximum Gasteiger partial charge on any atom is 0.251 e. The highest BCUT2D eigenvalue weighted by Gasteiger charge is 2.12. The number of hydrogen-bond acceptors (Lipinski definition) is 1. The molecule has 0 saturated carbocycles. The lowest BCUT2D eigenvalue weighted by atomic mass is 9.97. The van der Waals surface area contributed by atoms with Gasteiger partial charge in [-0.3, -0.25) is 4.79 Å². The first kappa shape index (κ1) is 14.8. The third-order valence-electron chi connectivity index (χ3n) is 4.02. The molecule has 0 spiro atoms. The molecule has 1 aliphatic carbocycles. The van der Waals surface area contributed by atoms with Crippen LogP contribution in [0, 0.1) is 20.8 Å². The molecule has 0 saturated heterocycles. The van der Waals surface area contributed by atoms with Gasteiger partial charge in [0.2, 0.25) is 0 Å². The molecule has 0 aliphatic heterocycles. The Morgan fingerprint density at radius 3 is 2.45 bits per heavy atom. The normalized spacial score (nSPS) is 14.8. The first-order valence-corrected chi connectivity index (χ1v) is 7.62. The van der Waals surface area contributed by atoms with E-state index in [1.807, 2.05) is 13.8 Å². The zero-order valence-electron chi connectivity index (χ0n) is 12.9. The Morgan fingerprint density at radius 1 is 1.15 bits per heavy atom. The highest BCUT2D eigenvalue weighted by atomic mass is 16.1. The van der Waals surface area contributed by atoms with Crippen LogP contribution in [0.4, 0.5) is 0 Å². The summed E-state index contributed by atoms with van der Waals surface area (Å²) in [6.45, 7) is 6.84. The number of rotatable bonds is 4. The Bertz CT molecular complexity index is 505. The van der Waals surface area contributed by atoms with Gasteiger partial charge in [0.1, 0.15) is 0 Å². The molecule has 0 bridgehead atoms. The summed E-state index contributed by atoms with van der Waals surface area (Å²) >= 11 is 0. The SMILES string of the molecule is Cc1cc(C)c(C(=O)NCCC2=CCCCC2)c(C)c1. The number of carbonyl (C=O) groups is 1. The second-order valence-corrected chi connectivity index (χ2v) is 5.89. The summed E-state index contributed by atoms with van der Waals surface area (Å²) in [6, 6.07) is 4.15. The van der Waals surface area contributed by atoms with Gasteiger partial charge in [0.05, 0.1) is 0 Å². The van der Waals surface area contributed by atoms with E-state index >= 15 is 0 Å². The maximum atomic E-state index is 12.3. The molecular weight excluding hydrogens is 246 g/mol. The summed E-state index contributed by atoms with van der Waals surface area (Å²) < 4.78 is 0. The number of allylic oxidation sites excluding steroid dienone is 1. The number of nitrogens with one attached hydrogen (secondary N) is 1. The second-order valence-electron chi connectivity index (χ2n) is 5.89. The fourth-order valence-corrected chi connectivity index (χ4v) is 3.09. The minimum Gasteiger partial charge on any atom is -0.352 e. The molecule has 0 atom stereocenters. The number of hydrogen-bond donors (Lipinski definition) is 1. The van der Waals surface area contributed by atoms with Gasteiger partial charge in [0.15, 0.2) is 0 Å². The molecule has 1 aromatic carbocycles. The third-order valence-corrected chi connectivity index (χ3v) is 4.02. The molecule has 108 valence electrons. The highest BCUT2D eigenvalue weighted by molar-refractivity contribution is 5.97. The lowest BCUT2D eigenvalue weighted by Gasteiger charge is -2.14. The van der Waals surface area contributed by atoms with Gasteiger partial charge in [-0.15, -0.1) is 0 Å². The topological polar surface area (TPSA) is 29.1 Å². The van der Waals surface area contributed by atoms with Crippen molar-refractivity contribution in [1.29, 1.82) is 0 Å². The van der Waals surface area contributed by atoms with Gasteiger partial charge in [-0.25, -0.2) is 0 Å². The number of benzene rings is 1. The standard InChI is InChI=1S/C18H25NO/c1-13-11-14(2)17(15(3)12-13)18(20)19-10-9-16-7-5-4-6-8-16/h7,11-12H,4-6,8-10H2,1-3H3,(H,19,20). The monoisotopic (exact) mass is 271 g/mol. The summed E-state index contributed by atoms with van der Waals surface area (Å²) in [5.41, 5.74) is 5.69. The van der Waals surface area contributed by atoms with Crippen molar-refractivity contribution in [2.75, 3.05) is 6.54 Å². The van der Waals surface area contributed by atoms with Crippen LogP contribution in [-0.4, -0.2) is 12.5 Å². The quantitative estimate of drug-likeness (QED) is 0.816. The summed E-state index contributed by atoms with van der Waals surface area (Å²) in [5.74, 6) is 0.0661. The van der Waals surface area contributed by atoms with Crippen LogP contribution in [0.5, 0.6) is 0 Å². The van der Waals surface area contributed by atoms with Crippen LogP contribution in [-0.2, 0) is 0 Å². The molecule has 0 unspecified atom stereocenters. The Hall–Kier alpha value is -1.57. The largest absolute Gasteiger partial charge is 0.352 e. The molecule has 0 fully saturated rings. The van der Waals surface area contributed by atoms with E-state index in [2.05, 4.69) is 30.4 Å². The van der Waals surface area contributed by atoms with Crippen LogP contribution >= 0.6 is 0 Å². The van der Waals surface area contributed by atoms with Crippen LogP contribution in [0.25, 0.3) is 0 Å². The average Bonchev–Trinajstić information content (AvgIpc) is 2.38. The smallest absolute Gasteiger partial charge is 0.251 e. The van der Waals surface area contributed by atoms with Crippen molar-refractivity contribution in [2.45, 2.75) is 52.9 Å². The Balaban J connectivity index is 1.93. The number of carbonyl (C=O) groups excluding carboxylic acids is 1.